The highest BCUT2D eigenvalue weighted by Gasteiger charge is 2.31. The van der Waals surface area contributed by atoms with Crippen molar-refractivity contribution < 1.29 is 9.53 Å². The first-order valence-corrected chi connectivity index (χ1v) is 13.0. The summed E-state index contributed by atoms with van der Waals surface area (Å²) in [5.74, 6) is 2.87. The highest BCUT2D eigenvalue weighted by molar-refractivity contribution is 5.73. The van der Waals surface area contributed by atoms with E-state index >= 15 is 0 Å². The van der Waals surface area contributed by atoms with Crippen LogP contribution >= 0.6 is 0 Å². The fourth-order valence-corrected chi connectivity index (χ4v) is 5.39. The molecule has 2 aliphatic heterocycles. The van der Waals surface area contributed by atoms with E-state index in [1.54, 1.807) is 6.92 Å². The lowest BCUT2D eigenvalue weighted by atomic mass is 9.84. The number of amides is 1. The van der Waals surface area contributed by atoms with Crippen molar-refractivity contribution in [2.24, 2.45) is 5.92 Å². The first-order valence-electron chi connectivity index (χ1n) is 13.0. The summed E-state index contributed by atoms with van der Waals surface area (Å²) in [6.45, 7) is 15.7. The van der Waals surface area contributed by atoms with Crippen molar-refractivity contribution in [2.75, 3.05) is 37.7 Å². The number of hydrogen-bond acceptors (Lipinski definition) is 6. The Bertz CT molecular complexity index is 811. The van der Waals surface area contributed by atoms with Crippen LogP contribution in [0.5, 0.6) is 0 Å². The normalized spacial score (nSPS) is 28.9. The van der Waals surface area contributed by atoms with E-state index < -0.39 is 0 Å². The zero-order chi connectivity index (χ0) is 23.6. The van der Waals surface area contributed by atoms with Crippen LogP contribution in [0, 0.1) is 5.92 Å². The molecule has 184 valence electrons. The van der Waals surface area contributed by atoms with E-state index in [0.29, 0.717) is 12.1 Å². The molecular weight excluding hydrogens is 414 g/mol. The molecule has 1 amide bonds. The first kappa shape index (κ1) is 24.4. The molecule has 7 heteroatoms. The number of piperazine rings is 1. The number of ether oxygens (including phenoxy) is 1. The minimum atomic E-state index is -0.0848. The molecule has 3 fully saturated rings. The van der Waals surface area contributed by atoms with Gasteiger partial charge < -0.3 is 15.0 Å². The molecule has 2 atom stereocenters. The Balaban J connectivity index is 1.32. The summed E-state index contributed by atoms with van der Waals surface area (Å²) in [4.78, 5) is 26.3. The molecule has 3 heterocycles. The second-order valence-electron chi connectivity index (χ2n) is 11.4. The molecule has 1 N–H and O–H groups in total. The van der Waals surface area contributed by atoms with Gasteiger partial charge in [-0.05, 0) is 51.5 Å². The van der Waals surface area contributed by atoms with Crippen LogP contribution in [-0.2, 0) is 14.9 Å². The minimum Gasteiger partial charge on any atom is -0.372 e. The third-order valence-electron chi connectivity index (χ3n) is 7.55. The summed E-state index contributed by atoms with van der Waals surface area (Å²) < 4.78 is 5.75. The SMILES string of the molecule is CC(=O)NC1CCC(CCN2CCN(c3cc(C4CCO4)nc(C(C)(C)C)n3)C(C)C2)CC1. The van der Waals surface area contributed by atoms with Gasteiger partial charge in [-0.2, -0.15) is 0 Å². The maximum atomic E-state index is 11.3. The highest BCUT2D eigenvalue weighted by atomic mass is 16.5. The van der Waals surface area contributed by atoms with E-state index in [2.05, 4.69) is 48.9 Å². The molecule has 3 aliphatic rings. The van der Waals surface area contributed by atoms with E-state index in [4.69, 9.17) is 14.7 Å². The van der Waals surface area contributed by atoms with E-state index in [-0.39, 0.29) is 17.4 Å². The van der Waals surface area contributed by atoms with Crippen LogP contribution in [0.3, 0.4) is 0 Å². The predicted molar refractivity (Wildman–Crippen MR) is 131 cm³/mol. The zero-order valence-electron chi connectivity index (χ0n) is 21.3. The topological polar surface area (TPSA) is 70.6 Å². The van der Waals surface area contributed by atoms with Crippen molar-refractivity contribution in [1.29, 1.82) is 0 Å². The molecule has 2 unspecified atom stereocenters. The van der Waals surface area contributed by atoms with Crippen LogP contribution in [0.4, 0.5) is 5.82 Å². The second-order valence-corrected chi connectivity index (χ2v) is 11.4. The van der Waals surface area contributed by atoms with E-state index in [9.17, 15) is 4.79 Å². The Morgan fingerprint density at radius 2 is 1.88 bits per heavy atom. The molecule has 1 aromatic heterocycles. The minimum absolute atomic E-state index is 0.0848. The summed E-state index contributed by atoms with van der Waals surface area (Å²) in [6.07, 6.45) is 7.19. The van der Waals surface area contributed by atoms with Gasteiger partial charge in [0.05, 0.1) is 12.3 Å². The third kappa shape index (κ3) is 6.24. The molecule has 4 rings (SSSR count). The number of anilines is 1. The van der Waals surface area contributed by atoms with Gasteiger partial charge in [0.15, 0.2) is 0 Å². The van der Waals surface area contributed by atoms with Gasteiger partial charge in [0.25, 0.3) is 0 Å². The Morgan fingerprint density at radius 1 is 1.15 bits per heavy atom. The van der Waals surface area contributed by atoms with Gasteiger partial charge in [-0.3, -0.25) is 9.69 Å². The summed E-state index contributed by atoms with van der Waals surface area (Å²) >= 11 is 0. The average molecular weight is 458 g/mol. The summed E-state index contributed by atoms with van der Waals surface area (Å²) in [7, 11) is 0. The maximum Gasteiger partial charge on any atom is 0.217 e. The Kier molecular flexibility index (Phi) is 7.59. The fourth-order valence-electron chi connectivity index (χ4n) is 5.39. The number of nitrogens with zero attached hydrogens (tertiary/aromatic N) is 4. The highest BCUT2D eigenvalue weighted by Crippen LogP contribution is 2.33. The quantitative estimate of drug-likeness (QED) is 0.700. The number of hydrogen-bond donors (Lipinski definition) is 1. The third-order valence-corrected chi connectivity index (χ3v) is 7.55. The number of nitrogens with one attached hydrogen (secondary N) is 1. The number of aromatic nitrogens is 2. The average Bonchev–Trinajstić information content (AvgIpc) is 2.71. The zero-order valence-corrected chi connectivity index (χ0v) is 21.3. The summed E-state index contributed by atoms with van der Waals surface area (Å²) in [5, 5.41) is 3.09. The number of carbonyl (C=O) groups is 1. The summed E-state index contributed by atoms with van der Waals surface area (Å²) in [6, 6.07) is 2.98. The molecule has 0 radical (unpaired) electrons. The van der Waals surface area contributed by atoms with E-state index in [0.717, 1.165) is 68.8 Å². The van der Waals surface area contributed by atoms with Crippen molar-refractivity contribution >= 4 is 11.7 Å². The lowest BCUT2D eigenvalue weighted by Crippen LogP contribution is -2.52. The second kappa shape index (κ2) is 10.3. The van der Waals surface area contributed by atoms with Crippen LogP contribution < -0.4 is 10.2 Å². The molecule has 1 aliphatic carbocycles. The molecule has 0 spiro atoms. The Labute approximate surface area is 199 Å². The lowest BCUT2D eigenvalue weighted by molar-refractivity contribution is -0.119. The van der Waals surface area contributed by atoms with Crippen LogP contribution in [0.2, 0.25) is 0 Å². The Hall–Kier alpha value is -1.73. The van der Waals surface area contributed by atoms with Gasteiger partial charge in [0.1, 0.15) is 17.7 Å². The Morgan fingerprint density at radius 3 is 2.45 bits per heavy atom. The van der Waals surface area contributed by atoms with Gasteiger partial charge in [0, 0.05) is 56.5 Å². The monoisotopic (exact) mass is 457 g/mol. The van der Waals surface area contributed by atoms with Crippen molar-refractivity contribution in [2.45, 2.75) is 96.7 Å². The molecule has 1 saturated carbocycles. The van der Waals surface area contributed by atoms with Gasteiger partial charge in [0.2, 0.25) is 5.91 Å². The predicted octanol–water partition coefficient (Wildman–Crippen LogP) is 3.83. The van der Waals surface area contributed by atoms with E-state index in [1.807, 2.05) is 0 Å². The maximum absolute atomic E-state index is 11.3. The molecule has 7 nitrogen and oxygen atoms in total. The van der Waals surface area contributed by atoms with Gasteiger partial charge in [-0.25, -0.2) is 9.97 Å². The first-order chi connectivity index (χ1) is 15.7. The number of carbonyl (C=O) groups excluding carboxylic acids is 1. The van der Waals surface area contributed by atoms with Gasteiger partial charge in [-0.15, -0.1) is 0 Å². The molecule has 0 bridgehead atoms. The van der Waals surface area contributed by atoms with E-state index in [1.165, 1.54) is 25.8 Å². The molecular formula is C26H43N5O2. The van der Waals surface area contributed by atoms with Gasteiger partial charge in [-0.1, -0.05) is 20.8 Å². The molecule has 33 heavy (non-hydrogen) atoms. The van der Waals surface area contributed by atoms with Crippen molar-refractivity contribution in [3.05, 3.63) is 17.6 Å². The van der Waals surface area contributed by atoms with Crippen LogP contribution in [0.1, 0.15) is 90.8 Å². The molecule has 2 saturated heterocycles. The van der Waals surface area contributed by atoms with Crippen LogP contribution in [0.15, 0.2) is 6.07 Å². The number of rotatable bonds is 6. The van der Waals surface area contributed by atoms with Crippen molar-refractivity contribution in [1.82, 2.24) is 20.2 Å². The standard InChI is InChI=1S/C26H43N5O2/c1-18-17-30(12-10-20-6-8-21(9-7-20)27-19(2)32)13-14-31(18)24-16-22(23-11-15-33-23)28-25(29-24)26(3,4)5/h16,18,20-21,23H,6-15,17H2,1-5H3,(H,27,32). The van der Waals surface area contributed by atoms with Gasteiger partial charge >= 0.3 is 0 Å². The lowest BCUT2D eigenvalue weighted by Gasteiger charge is -2.42. The van der Waals surface area contributed by atoms with Crippen LogP contribution in [0.25, 0.3) is 0 Å². The van der Waals surface area contributed by atoms with Crippen LogP contribution in [-0.4, -0.2) is 65.6 Å². The van der Waals surface area contributed by atoms with Crippen molar-refractivity contribution in [3.63, 3.8) is 0 Å². The summed E-state index contributed by atoms with van der Waals surface area (Å²) in [5.41, 5.74) is 0.957. The fraction of sp³-hybridized carbons (Fsp3) is 0.808. The smallest absolute Gasteiger partial charge is 0.217 e. The largest absolute Gasteiger partial charge is 0.372 e. The van der Waals surface area contributed by atoms with Crippen molar-refractivity contribution in [3.8, 4) is 0 Å². The molecule has 0 aromatic carbocycles. The molecule has 1 aromatic rings.